The summed E-state index contributed by atoms with van der Waals surface area (Å²) in [5.41, 5.74) is 0. The van der Waals surface area contributed by atoms with Crippen molar-refractivity contribution in [3.8, 4) is 0 Å². The van der Waals surface area contributed by atoms with Gasteiger partial charge in [-0.1, -0.05) is 13.8 Å². The molecule has 4 heteroatoms. The van der Waals surface area contributed by atoms with Gasteiger partial charge in [-0.15, -0.1) is 0 Å². The number of Topliss-reactive ketones (excluding diaryl/α,β-unsaturated/α-hetero) is 1. The first-order chi connectivity index (χ1) is 7.51. The summed E-state index contributed by atoms with van der Waals surface area (Å²) in [6, 6.07) is 0. The Morgan fingerprint density at radius 3 is 2.06 bits per heavy atom. The molecule has 0 saturated heterocycles. The van der Waals surface area contributed by atoms with E-state index < -0.39 is 0 Å². The van der Waals surface area contributed by atoms with Crippen LogP contribution in [0.5, 0.6) is 0 Å². The van der Waals surface area contributed by atoms with E-state index in [4.69, 9.17) is 0 Å². The molecule has 0 rings (SSSR count). The molecule has 1 amide bonds. The third kappa shape index (κ3) is 6.56. The summed E-state index contributed by atoms with van der Waals surface area (Å²) in [7, 11) is 3.47. The molecule has 0 aromatic heterocycles. The van der Waals surface area contributed by atoms with Gasteiger partial charge in [-0.2, -0.15) is 0 Å². The highest BCUT2D eigenvalue weighted by molar-refractivity contribution is 5.82. The number of hydrogen-bond acceptors (Lipinski definition) is 3. The van der Waals surface area contributed by atoms with Crippen molar-refractivity contribution >= 4 is 11.7 Å². The maximum Gasteiger partial charge on any atom is 0.236 e. The van der Waals surface area contributed by atoms with Gasteiger partial charge in [-0.05, 0) is 19.4 Å². The van der Waals surface area contributed by atoms with Crippen molar-refractivity contribution in [3.63, 3.8) is 0 Å². The molecule has 0 fully saturated rings. The highest BCUT2D eigenvalue weighted by Gasteiger charge is 2.14. The second-order valence-corrected chi connectivity index (χ2v) is 4.29. The van der Waals surface area contributed by atoms with E-state index in [9.17, 15) is 9.59 Å². The number of hydrogen-bond donors (Lipinski definition) is 0. The second kappa shape index (κ2) is 8.28. The Bertz CT molecular complexity index is 227. The zero-order valence-electron chi connectivity index (χ0n) is 11.0. The van der Waals surface area contributed by atoms with Gasteiger partial charge in [-0.3, -0.25) is 14.5 Å². The molecular weight excluding hydrogens is 204 g/mol. The standard InChI is InChI=1S/C12H24N2O2/c1-5-7-11(15)9-14(8-6-2)10-12(16)13(3)4/h5-10H2,1-4H3. The van der Waals surface area contributed by atoms with Crippen molar-refractivity contribution in [2.45, 2.75) is 33.1 Å². The van der Waals surface area contributed by atoms with Crippen LogP contribution in [0, 0.1) is 0 Å². The van der Waals surface area contributed by atoms with Crippen LogP contribution in [0.1, 0.15) is 33.1 Å². The smallest absolute Gasteiger partial charge is 0.236 e. The van der Waals surface area contributed by atoms with Crippen molar-refractivity contribution in [1.82, 2.24) is 9.80 Å². The topological polar surface area (TPSA) is 40.6 Å². The van der Waals surface area contributed by atoms with Gasteiger partial charge in [0, 0.05) is 20.5 Å². The van der Waals surface area contributed by atoms with Crippen molar-refractivity contribution in [2.75, 3.05) is 33.7 Å². The number of carbonyl (C=O) groups excluding carboxylic acids is 2. The Balaban J connectivity index is 4.16. The fraction of sp³-hybridized carbons (Fsp3) is 0.833. The molecule has 0 bridgehead atoms. The van der Waals surface area contributed by atoms with Crippen LogP contribution in [-0.2, 0) is 9.59 Å². The van der Waals surface area contributed by atoms with Gasteiger partial charge in [0.25, 0.3) is 0 Å². The SMILES string of the molecule is CCCC(=O)CN(CCC)CC(=O)N(C)C. The summed E-state index contributed by atoms with van der Waals surface area (Å²) in [5.74, 6) is 0.278. The van der Waals surface area contributed by atoms with Crippen molar-refractivity contribution < 1.29 is 9.59 Å². The molecule has 0 heterocycles. The molecule has 0 aliphatic rings. The lowest BCUT2D eigenvalue weighted by molar-refractivity contribution is -0.130. The molecule has 0 saturated carbocycles. The summed E-state index contributed by atoms with van der Waals surface area (Å²) in [6.07, 6.45) is 2.44. The first-order valence-electron chi connectivity index (χ1n) is 5.95. The Labute approximate surface area is 98.6 Å². The molecule has 0 spiro atoms. The molecule has 0 aliphatic carbocycles. The predicted molar refractivity (Wildman–Crippen MR) is 65.3 cm³/mol. The van der Waals surface area contributed by atoms with E-state index in [1.54, 1.807) is 19.0 Å². The summed E-state index contributed by atoms with van der Waals surface area (Å²) in [4.78, 5) is 26.5. The Hall–Kier alpha value is -0.900. The maximum absolute atomic E-state index is 11.5. The molecule has 0 radical (unpaired) electrons. The minimum Gasteiger partial charge on any atom is -0.348 e. The number of likely N-dealkylation sites (N-methyl/N-ethyl adjacent to an activating group) is 1. The molecule has 0 atom stereocenters. The van der Waals surface area contributed by atoms with Crippen LogP contribution in [-0.4, -0.2) is 55.2 Å². The average molecular weight is 228 g/mol. The summed E-state index contributed by atoms with van der Waals surface area (Å²) < 4.78 is 0. The molecule has 0 N–H and O–H groups in total. The third-order valence-electron chi connectivity index (χ3n) is 2.33. The minimum absolute atomic E-state index is 0.0535. The minimum atomic E-state index is 0.0535. The van der Waals surface area contributed by atoms with Gasteiger partial charge in [0.15, 0.2) is 0 Å². The third-order valence-corrected chi connectivity index (χ3v) is 2.33. The molecule has 94 valence electrons. The van der Waals surface area contributed by atoms with Crippen LogP contribution in [0.15, 0.2) is 0 Å². The number of amides is 1. The van der Waals surface area contributed by atoms with Crippen LogP contribution in [0.2, 0.25) is 0 Å². The van der Waals surface area contributed by atoms with E-state index in [-0.39, 0.29) is 11.7 Å². The van der Waals surface area contributed by atoms with E-state index >= 15 is 0 Å². The van der Waals surface area contributed by atoms with E-state index in [0.717, 1.165) is 19.4 Å². The highest BCUT2D eigenvalue weighted by Crippen LogP contribution is 1.97. The first kappa shape index (κ1) is 15.1. The largest absolute Gasteiger partial charge is 0.348 e. The molecule has 4 nitrogen and oxygen atoms in total. The maximum atomic E-state index is 11.5. The lowest BCUT2D eigenvalue weighted by atomic mass is 10.2. The summed E-state index contributed by atoms with van der Waals surface area (Å²) in [6.45, 7) is 5.59. The quantitative estimate of drug-likeness (QED) is 0.626. The van der Waals surface area contributed by atoms with Gasteiger partial charge in [-0.25, -0.2) is 0 Å². The van der Waals surface area contributed by atoms with E-state index in [1.165, 1.54) is 0 Å². The zero-order chi connectivity index (χ0) is 12.6. The van der Waals surface area contributed by atoms with E-state index in [2.05, 4.69) is 6.92 Å². The number of ketones is 1. The van der Waals surface area contributed by atoms with Crippen LogP contribution >= 0.6 is 0 Å². The Morgan fingerprint density at radius 1 is 1.00 bits per heavy atom. The molecule has 0 aromatic carbocycles. The van der Waals surface area contributed by atoms with Gasteiger partial charge in [0.05, 0.1) is 13.1 Å². The molecule has 0 unspecified atom stereocenters. The fourth-order valence-electron chi connectivity index (χ4n) is 1.47. The second-order valence-electron chi connectivity index (χ2n) is 4.29. The zero-order valence-corrected chi connectivity index (χ0v) is 11.0. The number of nitrogens with zero attached hydrogens (tertiary/aromatic N) is 2. The van der Waals surface area contributed by atoms with Crippen molar-refractivity contribution in [3.05, 3.63) is 0 Å². The Morgan fingerprint density at radius 2 is 1.62 bits per heavy atom. The molecule has 16 heavy (non-hydrogen) atoms. The number of rotatable bonds is 8. The summed E-state index contributed by atoms with van der Waals surface area (Å²) >= 11 is 0. The fourth-order valence-corrected chi connectivity index (χ4v) is 1.47. The van der Waals surface area contributed by atoms with Crippen LogP contribution in [0.3, 0.4) is 0 Å². The van der Waals surface area contributed by atoms with Gasteiger partial charge in [0.2, 0.25) is 5.91 Å². The van der Waals surface area contributed by atoms with E-state index in [1.807, 2.05) is 11.8 Å². The average Bonchev–Trinajstić information content (AvgIpc) is 2.17. The highest BCUT2D eigenvalue weighted by atomic mass is 16.2. The van der Waals surface area contributed by atoms with Gasteiger partial charge >= 0.3 is 0 Å². The monoisotopic (exact) mass is 228 g/mol. The predicted octanol–water partition coefficient (Wildman–Crippen LogP) is 1.16. The lowest BCUT2D eigenvalue weighted by Gasteiger charge is -2.22. The molecule has 0 aromatic rings. The summed E-state index contributed by atoms with van der Waals surface area (Å²) in [5, 5.41) is 0. The lowest BCUT2D eigenvalue weighted by Crippen LogP contribution is -2.39. The van der Waals surface area contributed by atoms with Crippen LogP contribution in [0.25, 0.3) is 0 Å². The molecular formula is C12H24N2O2. The molecule has 0 aliphatic heterocycles. The van der Waals surface area contributed by atoms with Crippen LogP contribution in [0.4, 0.5) is 0 Å². The normalized spacial score (nSPS) is 10.6. The van der Waals surface area contributed by atoms with Crippen molar-refractivity contribution in [2.24, 2.45) is 0 Å². The van der Waals surface area contributed by atoms with E-state index in [0.29, 0.717) is 19.5 Å². The Kier molecular flexibility index (Phi) is 7.81. The first-order valence-corrected chi connectivity index (χ1v) is 5.95. The van der Waals surface area contributed by atoms with Gasteiger partial charge in [0.1, 0.15) is 5.78 Å². The number of carbonyl (C=O) groups is 2. The van der Waals surface area contributed by atoms with Gasteiger partial charge < -0.3 is 4.90 Å². The van der Waals surface area contributed by atoms with Crippen LogP contribution < -0.4 is 0 Å². The van der Waals surface area contributed by atoms with Crippen molar-refractivity contribution in [1.29, 1.82) is 0 Å².